The van der Waals surface area contributed by atoms with Gasteiger partial charge in [0.2, 0.25) is 5.91 Å². The van der Waals surface area contributed by atoms with Crippen LogP contribution in [0, 0.1) is 0 Å². The van der Waals surface area contributed by atoms with Crippen LogP contribution >= 0.6 is 11.6 Å². The molecule has 0 aromatic heterocycles. The highest BCUT2D eigenvalue weighted by molar-refractivity contribution is 7.93. The summed E-state index contributed by atoms with van der Waals surface area (Å²) in [5.41, 5.74) is 5.45. The lowest BCUT2D eigenvalue weighted by Crippen LogP contribution is -2.30. The Hall–Kier alpha value is -1.41. The predicted molar refractivity (Wildman–Crippen MR) is 66.9 cm³/mol. The topological polar surface area (TPSA) is 80.5 Å². The van der Waals surface area contributed by atoms with Crippen molar-refractivity contribution in [1.82, 2.24) is 0 Å². The molecule has 0 aliphatic carbocycles. The van der Waals surface area contributed by atoms with Gasteiger partial charge < -0.3 is 10.6 Å². The lowest BCUT2D eigenvalue weighted by atomic mass is 10.3. The van der Waals surface area contributed by atoms with E-state index in [-0.39, 0.29) is 6.54 Å². The maximum atomic E-state index is 12.7. The van der Waals surface area contributed by atoms with Crippen molar-refractivity contribution in [2.45, 2.75) is 9.61 Å². The van der Waals surface area contributed by atoms with E-state index in [1.807, 2.05) is 0 Å². The number of likely N-dealkylation sites (N-methyl/N-ethyl adjacent to an activating group) is 1. The largest absolute Gasteiger partial charge is 0.427 e. The van der Waals surface area contributed by atoms with Crippen molar-refractivity contribution < 1.29 is 22.0 Å². The summed E-state index contributed by atoms with van der Waals surface area (Å²) in [6, 6.07) is 4.52. The molecule has 2 N–H and O–H groups in total. The van der Waals surface area contributed by atoms with Crippen molar-refractivity contribution >= 4 is 33.0 Å². The molecular formula is C10H11ClF2N2O3S. The minimum absolute atomic E-state index is 0.0856. The van der Waals surface area contributed by atoms with Gasteiger partial charge in [-0.2, -0.15) is 8.78 Å². The van der Waals surface area contributed by atoms with Crippen LogP contribution in [0.4, 0.5) is 14.5 Å². The van der Waals surface area contributed by atoms with Gasteiger partial charge in [0.25, 0.3) is 9.84 Å². The molecule has 1 rings (SSSR count). The first kappa shape index (κ1) is 15.6. The van der Waals surface area contributed by atoms with E-state index in [1.165, 1.54) is 17.0 Å². The number of amides is 1. The van der Waals surface area contributed by atoms with Gasteiger partial charge in [-0.1, -0.05) is 0 Å². The Kier molecular flexibility index (Phi) is 4.36. The van der Waals surface area contributed by atoms with E-state index in [2.05, 4.69) is 11.6 Å². The van der Waals surface area contributed by atoms with Gasteiger partial charge in [0.05, 0.1) is 11.4 Å². The molecule has 0 heterocycles. The smallest absolute Gasteiger partial charge is 0.368 e. The summed E-state index contributed by atoms with van der Waals surface area (Å²) in [5.74, 6) is -0.577. The van der Waals surface area contributed by atoms with Crippen molar-refractivity contribution in [1.29, 1.82) is 0 Å². The Morgan fingerprint density at radius 2 is 1.84 bits per heavy atom. The lowest BCUT2D eigenvalue weighted by Gasteiger charge is -2.17. The molecule has 0 atom stereocenters. The van der Waals surface area contributed by atoms with Gasteiger partial charge in [0, 0.05) is 12.7 Å². The molecule has 0 aliphatic heterocycles. The molecule has 0 spiro atoms. The number of alkyl halides is 3. The lowest BCUT2D eigenvalue weighted by molar-refractivity contribution is -0.116. The number of rotatable bonds is 5. The fourth-order valence-electron chi connectivity index (χ4n) is 1.34. The number of primary amides is 1. The molecule has 0 saturated carbocycles. The van der Waals surface area contributed by atoms with Crippen molar-refractivity contribution in [2.75, 3.05) is 18.5 Å². The second kappa shape index (κ2) is 5.30. The molecule has 0 bridgehead atoms. The van der Waals surface area contributed by atoms with Crippen LogP contribution in [0.1, 0.15) is 0 Å². The predicted octanol–water partition coefficient (Wildman–Crippen LogP) is 1.17. The highest BCUT2D eigenvalue weighted by atomic mass is 35.5. The molecule has 9 heteroatoms. The van der Waals surface area contributed by atoms with E-state index in [0.29, 0.717) is 5.69 Å². The molecule has 0 fully saturated rings. The number of carbonyl (C=O) groups excluding carboxylic acids is 1. The van der Waals surface area contributed by atoms with Crippen molar-refractivity contribution in [2.24, 2.45) is 5.73 Å². The molecule has 0 saturated heterocycles. The summed E-state index contributed by atoms with van der Waals surface area (Å²) in [4.78, 5) is 11.5. The summed E-state index contributed by atoms with van der Waals surface area (Å²) in [6.07, 6.45) is 0. The second-order valence-corrected chi connectivity index (χ2v) is 6.46. The van der Waals surface area contributed by atoms with Gasteiger partial charge >= 0.3 is 4.71 Å². The Bertz CT molecular complexity index is 569. The quantitative estimate of drug-likeness (QED) is 0.828. The highest BCUT2D eigenvalue weighted by Gasteiger charge is 2.43. The monoisotopic (exact) mass is 312 g/mol. The zero-order chi connectivity index (χ0) is 14.8. The van der Waals surface area contributed by atoms with E-state index in [4.69, 9.17) is 5.73 Å². The first-order valence-corrected chi connectivity index (χ1v) is 6.82. The summed E-state index contributed by atoms with van der Waals surface area (Å²) < 4.78 is 43.8. The van der Waals surface area contributed by atoms with Crippen LogP contribution < -0.4 is 10.6 Å². The third kappa shape index (κ3) is 3.54. The molecule has 0 radical (unpaired) electrons. The summed E-state index contributed by atoms with van der Waals surface area (Å²) >= 11 is 4.54. The van der Waals surface area contributed by atoms with Crippen molar-refractivity contribution in [3.05, 3.63) is 24.3 Å². The molecule has 1 aromatic rings. The first-order valence-electron chi connectivity index (χ1n) is 4.96. The fourth-order valence-corrected chi connectivity index (χ4v) is 2.37. The third-order valence-electron chi connectivity index (χ3n) is 2.29. The number of carbonyl (C=O) groups is 1. The number of benzene rings is 1. The number of halogens is 3. The van der Waals surface area contributed by atoms with E-state index in [1.54, 1.807) is 7.05 Å². The Morgan fingerprint density at radius 1 is 1.37 bits per heavy atom. The van der Waals surface area contributed by atoms with Crippen molar-refractivity contribution in [3.63, 3.8) is 0 Å². The molecular weight excluding hydrogens is 302 g/mol. The molecule has 5 nitrogen and oxygen atoms in total. The van der Waals surface area contributed by atoms with Gasteiger partial charge in [-0.25, -0.2) is 8.42 Å². The van der Waals surface area contributed by atoms with Gasteiger partial charge in [-0.3, -0.25) is 4.79 Å². The molecule has 106 valence electrons. The van der Waals surface area contributed by atoms with Gasteiger partial charge in [-0.05, 0) is 35.9 Å². The van der Waals surface area contributed by atoms with Crippen LogP contribution in [0.5, 0.6) is 0 Å². The Morgan fingerprint density at radius 3 is 2.21 bits per heavy atom. The normalized spacial score (nSPS) is 12.2. The molecule has 1 amide bonds. The Labute approximate surface area is 113 Å². The number of nitrogens with zero attached hydrogens (tertiary/aromatic N) is 1. The highest BCUT2D eigenvalue weighted by Crippen LogP contribution is 2.33. The number of sulfone groups is 1. The SMILES string of the molecule is CN(CC(N)=O)c1ccc(S(=O)(=O)C(F)(F)Cl)cc1. The minimum atomic E-state index is -4.92. The standard InChI is InChI=1S/C10H11ClF2N2O3S/c1-15(6-9(14)16)7-2-4-8(5-3-7)19(17,18)10(11,12)13/h2-5H,6H2,1H3,(H2,14,16). The van der Waals surface area contributed by atoms with Crippen LogP contribution in [0.2, 0.25) is 0 Å². The molecule has 0 aliphatic rings. The van der Waals surface area contributed by atoms with Crippen molar-refractivity contribution in [3.8, 4) is 0 Å². The maximum Gasteiger partial charge on any atom is 0.427 e. The molecule has 0 unspecified atom stereocenters. The molecule has 1 aromatic carbocycles. The van der Waals surface area contributed by atoms with Crippen LogP contribution in [0.3, 0.4) is 0 Å². The third-order valence-corrected chi connectivity index (χ3v) is 4.40. The van der Waals surface area contributed by atoms with E-state index in [9.17, 15) is 22.0 Å². The van der Waals surface area contributed by atoms with Gasteiger partial charge in [0.1, 0.15) is 0 Å². The average Bonchev–Trinajstić information content (AvgIpc) is 2.26. The zero-order valence-electron chi connectivity index (χ0n) is 9.81. The Balaban J connectivity index is 3.04. The summed E-state index contributed by atoms with van der Waals surface area (Å²) in [7, 11) is -3.37. The first-order chi connectivity index (χ1) is 8.55. The number of nitrogens with two attached hydrogens (primary N) is 1. The van der Waals surface area contributed by atoms with Crippen LogP contribution in [0.25, 0.3) is 0 Å². The van der Waals surface area contributed by atoms with E-state index >= 15 is 0 Å². The summed E-state index contributed by atoms with van der Waals surface area (Å²) in [6.45, 7) is -0.0856. The van der Waals surface area contributed by atoms with Crippen LogP contribution in [0.15, 0.2) is 29.2 Å². The maximum absolute atomic E-state index is 12.7. The van der Waals surface area contributed by atoms with E-state index < -0.39 is 25.4 Å². The number of hydrogen-bond acceptors (Lipinski definition) is 4. The van der Waals surface area contributed by atoms with Crippen LogP contribution in [-0.2, 0) is 14.6 Å². The van der Waals surface area contributed by atoms with Gasteiger partial charge in [0.15, 0.2) is 0 Å². The average molecular weight is 313 g/mol. The minimum Gasteiger partial charge on any atom is -0.368 e. The molecule has 19 heavy (non-hydrogen) atoms. The van der Waals surface area contributed by atoms with Gasteiger partial charge in [-0.15, -0.1) is 0 Å². The number of anilines is 1. The zero-order valence-corrected chi connectivity index (χ0v) is 11.4. The fraction of sp³-hybridized carbons (Fsp3) is 0.300. The van der Waals surface area contributed by atoms with E-state index in [0.717, 1.165) is 12.1 Å². The second-order valence-electron chi connectivity index (χ2n) is 3.77. The van der Waals surface area contributed by atoms with Crippen LogP contribution in [-0.4, -0.2) is 32.6 Å². The number of hydrogen-bond donors (Lipinski definition) is 1. The summed E-state index contributed by atoms with van der Waals surface area (Å²) in [5, 5.41) is 0.